The highest BCUT2D eigenvalue weighted by Gasteiger charge is 2.18. The third-order valence-electron chi connectivity index (χ3n) is 3.09. The lowest BCUT2D eigenvalue weighted by atomic mass is 10.2. The van der Waals surface area contributed by atoms with Gasteiger partial charge in [0.05, 0.1) is 11.6 Å². The molecule has 0 saturated heterocycles. The van der Waals surface area contributed by atoms with Gasteiger partial charge in [-0.1, -0.05) is 28.1 Å². The molecule has 0 bridgehead atoms. The molecule has 25 heavy (non-hydrogen) atoms. The number of nitrogens with one attached hydrogen (secondary N) is 1. The predicted octanol–water partition coefficient (Wildman–Crippen LogP) is 3.27. The number of rotatable bonds is 6. The van der Waals surface area contributed by atoms with Crippen LogP contribution < -0.4 is 10.1 Å². The van der Waals surface area contributed by atoms with Gasteiger partial charge in [0, 0.05) is 10.2 Å². The van der Waals surface area contributed by atoms with Gasteiger partial charge in [0.25, 0.3) is 5.91 Å². The quantitative estimate of drug-likeness (QED) is 0.748. The Morgan fingerprint density at radius 2 is 2.00 bits per heavy atom. The van der Waals surface area contributed by atoms with Crippen molar-refractivity contribution < 1.29 is 19.1 Å². The molecular weight excluding hydrogens is 388 g/mol. The number of esters is 1. The molecule has 0 fully saturated rings. The molecule has 0 unspecified atom stereocenters. The summed E-state index contributed by atoms with van der Waals surface area (Å²) in [4.78, 5) is 23.8. The second-order valence-corrected chi connectivity index (χ2v) is 5.98. The third kappa shape index (κ3) is 5.94. The normalized spacial score (nSPS) is 11.1. The van der Waals surface area contributed by atoms with E-state index in [1.807, 2.05) is 12.1 Å². The second kappa shape index (κ2) is 8.85. The third-order valence-corrected chi connectivity index (χ3v) is 3.58. The summed E-state index contributed by atoms with van der Waals surface area (Å²) in [6, 6.07) is 15.5. The number of hydrogen-bond acceptors (Lipinski definition) is 5. The van der Waals surface area contributed by atoms with Crippen LogP contribution in [0.1, 0.15) is 12.5 Å². The molecule has 128 valence electrons. The van der Waals surface area contributed by atoms with Crippen LogP contribution in [0.5, 0.6) is 5.75 Å². The van der Waals surface area contributed by atoms with Crippen LogP contribution in [0.3, 0.4) is 0 Å². The van der Waals surface area contributed by atoms with Gasteiger partial charge in [0.2, 0.25) is 0 Å². The minimum atomic E-state index is -0.996. The first-order chi connectivity index (χ1) is 12.0. The number of carbonyl (C=O) groups is 2. The van der Waals surface area contributed by atoms with Crippen molar-refractivity contribution in [1.82, 2.24) is 0 Å². The number of carbonyl (C=O) groups excluding carboxylic acids is 2. The number of amides is 1. The van der Waals surface area contributed by atoms with Gasteiger partial charge in [-0.05, 0) is 43.3 Å². The van der Waals surface area contributed by atoms with E-state index in [1.54, 1.807) is 36.4 Å². The summed E-state index contributed by atoms with van der Waals surface area (Å²) < 4.78 is 11.2. The monoisotopic (exact) mass is 402 g/mol. The summed E-state index contributed by atoms with van der Waals surface area (Å²) in [7, 11) is 0. The molecule has 1 amide bonds. The van der Waals surface area contributed by atoms with Gasteiger partial charge >= 0.3 is 5.97 Å². The number of halogens is 1. The van der Waals surface area contributed by atoms with Crippen LogP contribution in [0.15, 0.2) is 53.0 Å². The van der Waals surface area contributed by atoms with Gasteiger partial charge in [-0.15, -0.1) is 0 Å². The SMILES string of the molecule is C[C@@H](OC(=O)COc1cccc(Br)c1)C(=O)Nc1cccc(C#N)c1. The maximum atomic E-state index is 12.0. The molecular formula is C18H15BrN2O4. The average molecular weight is 403 g/mol. The molecule has 2 aromatic rings. The molecule has 0 aromatic heterocycles. The fraction of sp³-hybridized carbons (Fsp3) is 0.167. The summed E-state index contributed by atoms with van der Waals surface area (Å²) in [6.07, 6.45) is -0.996. The van der Waals surface area contributed by atoms with Gasteiger partial charge in [-0.3, -0.25) is 4.79 Å². The zero-order valence-corrected chi connectivity index (χ0v) is 14.9. The highest BCUT2D eigenvalue weighted by Crippen LogP contribution is 2.17. The Bertz CT molecular complexity index is 817. The van der Waals surface area contributed by atoms with E-state index in [0.717, 1.165) is 4.47 Å². The van der Waals surface area contributed by atoms with E-state index >= 15 is 0 Å². The van der Waals surface area contributed by atoms with E-state index in [1.165, 1.54) is 13.0 Å². The first kappa shape index (κ1) is 18.5. The van der Waals surface area contributed by atoms with Gasteiger partial charge in [0.1, 0.15) is 5.75 Å². The van der Waals surface area contributed by atoms with E-state index in [2.05, 4.69) is 21.2 Å². The van der Waals surface area contributed by atoms with Crippen LogP contribution in [0.25, 0.3) is 0 Å². The molecule has 0 heterocycles. The van der Waals surface area contributed by atoms with Gasteiger partial charge in [0.15, 0.2) is 12.7 Å². The van der Waals surface area contributed by atoms with E-state index in [0.29, 0.717) is 17.0 Å². The molecule has 7 heteroatoms. The maximum Gasteiger partial charge on any atom is 0.344 e. The Balaban J connectivity index is 1.83. The van der Waals surface area contributed by atoms with Crippen molar-refractivity contribution in [3.63, 3.8) is 0 Å². The molecule has 0 aliphatic carbocycles. The summed E-state index contributed by atoms with van der Waals surface area (Å²) >= 11 is 3.30. The number of nitrogens with zero attached hydrogens (tertiary/aromatic N) is 1. The fourth-order valence-electron chi connectivity index (χ4n) is 1.89. The summed E-state index contributed by atoms with van der Waals surface area (Å²) in [5, 5.41) is 11.4. The molecule has 0 aliphatic heterocycles. The molecule has 1 atom stereocenters. The number of hydrogen-bond donors (Lipinski definition) is 1. The highest BCUT2D eigenvalue weighted by atomic mass is 79.9. The zero-order valence-electron chi connectivity index (χ0n) is 13.4. The molecule has 0 saturated carbocycles. The lowest BCUT2D eigenvalue weighted by molar-refractivity contribution is -0.155. The minimum Gasteiger partial charge on any atom is -0.482 e. The smallest absolute Gasteiger partial charge is 0.344 e. The zero-order chi connectivity index (χ0) is 18.2. The van der Waals surface area contributed by atoms with Crippen molar-refractivity contribution in [1.29, 1.82) is 5.26 Å². The Hall–Kier alpha value is -2.85. The highest BCUT2D eigenvalue weighted by molar-refractivity contribution is 9.10. The van der Waals surface area contributed by atoms with E-state index < -0.39 is 18.0 Å². The fourth-order valence-corrected chi connectivity index (χ4v) is 2.27. The summed E-state index contributed by atoms with van der Waals surface area (Å²) in [5.41, 5.74) is 0.877. The average Bonchev–Trinajstić information content (AvgIpc) is 2.60. The van der Waals surface area contributed by atoms with Gasteiger partial charge in [-0.2, -0.15) is 5.26 Å². The van der Waals surface area contributed by atoms with Crippen LogP contribution in [0.4, 0.5) is 5.69 Å². The first-order valence-corrected chi connectivity index (χ1v) is 8.16. The van der Waals surface area contributed by atoms with Crippen LogP contribution >= 0.6 is 15.9 Å². The van der Waals surface area contributed by atoms with Crippen molar-refractivity contribution in [2.45, 2.75) is 13.0 Å². The van der Waals surface area contributed by atoms with Crippen LogP contribution in [0.2, 0.25) is 0 Å². The van der Waals surface area contributed by atoms with Gasteiger partial charge in [-0.25, -0.2) is 4.79 Å². The number of nitriles is 1. The van der Waals surface area contributed by atoms with Gasteiger partial charge < -0.3 is 14.8 Å². The van der Waals surface area contributed by atoms with Crippen molar-refractivity contribution >= 4 is 33.5 Å². The van der Waals surface area contributed by atoms with Crippen LogP contribution in [-0.4, -0.2) is 24.6 Å². The van der Waals surface area contributed by atoms with E-state index in [9.17, 15) is 9.59 Å². The van der Waals surface area contributed by atoms with E-state index in [-0.39, 0.29) is 6.61 Å². The Morgan fingerprint density at radius 1 is 1.24 bits per heavy atom. The van der Waals surface area contributed by atoms with Crippen molar-refractivity contribution in [3.8, 4) is 11.8 Å². The lowest BCUT2D eigenvalue weighted by Crippen LogP contribution is -2.31. The number of ether oxygens (including phenoxy) is 2. The van der Waals surface area contributed by atoms with Crippen molar-refractivity contribution in [2.75, 3.05) is 11.9 Å². The van der Waals surface area contributed by atoms with Crippen molar-refractivity contribution in [3.05, 3.63) is 58.6 Å². The standard InChI is InChI=1S/C18H15BrN2O4/c1-12(18(23)21-15-6-2-4-13(8-15)10-20)25-17(22)11-24-16-7-3-5-14(19)9-16/h2-9,12H,11H2,1H3,(H,21,23)/t12-/m1/s1. The predicted molar refractivity (Wildman–Crippen MR) is 95.0 cm³/mol. The summed E-state index contributed by atoms with van der Waals surface area (Å²) in [5.74, 6) is -0.643. The first-order valence-electron chi connectivity index (χ1n) is 7.37. The molecule has 1 N–H and O–H groups in total. The topological polar surface area (TPSA) is 88.4 Å². The maximum absolute atomic E-state index is 12.0. The van der Waals surface area contributed by atoms with Crippen LogP contribution in [-0.2, 0) is 14.3 Å². The lowest BCUT2D eigenvalue weighted by Gasteiger charge is -2.14. The van der Waals surface area contributed by atoms with Crippen LogP contribution in [0, 0.1) is 11.3 Å². The molecule has 2 rings (SSSR count). The second-order valence-electron chi connectivity index (χ2n) is 5.06. The molecule has 0 spiro atoms. The van der Waals surface area contributed by atoms with Crippen molar-refractivity contribution in [2.24, 2.45) is 0 Å². The number of anilines is 1. The molecule has 0 aliphatic rings. The molecule has 2 aromatic carbocycles. The molecule has 6 nitrogen and oxygen atoms in total. The largest absolute Gasteiger partial charge is 0.482 e. The minimum absolute atomic E-state index is 0.308. The Kier molecular flexibility index (Phi) is 6.54. The number of benzene rings is 2. The van der Waals surface area contributed by atoms with E-state index in [4.69, 9.17) is 14.7 Å². The Morgan fingerprint density at radius 3 is 2.72 bits per heavy atom. The molecule has 0 radical (unpaired) electrons. The Labute approximate surface area is 153 Å². The summed E-state index contributed by atoms with van der Waals surface area (Å²) in [6.45, 7) is 1.15.